The molecule has 0 aliphatic rings. The second-order valence-electron chi connectivity index (χ2n) is 4.77. The van der Waals surface area contributed by atoms with Crippen LogP contribution >= 0.6 is 11.8 Å². The Morgan fingerprint density at radius 3 is 2.50 bits per heavy atom. The maximum absolute atomic E-state index is 11.2. The van der Waals surface area contributed by atoms with Crippen LogP contribution in [0, 0.1) is 10.1 Å². The van der Waals surface area contributed by atoms with Crippen LogP contribution in [0.2, 0.25) is 0 Å². The van der Waals surface area contributed by atoms with Gasteiger partial charge in [-0.25, -0.2) is 0 Å². The van der Waals surface area contributed by atoms with Crippen molar-refractivity contribution < 1.29 is 10.0 Å². The number of nitrogens with zero attached hydrogens (tertiary/aromatic N) is 1. The highest BCUT2D eigenvalue weighted by Gasteiger charge is 2.23. The van der Waals surface area contributed by atoms with E-state index < -0.39 is 10.5 Å². The number of nitrogens with one attached hydrogen (secondary N) is 2. The fourth-order valence-electron chi connectivity index (χ4n) is 1.86. The third-order valence-corrected chi connectivity index (χ3v) is 3.61. The average Bonchev–Trinajstić information content (AvgIpc) is 2.36. The van der Waals surface area contributed by atoms with Crippen molar-refractivity contribution in [2.45, 2.75) is 19.4 Å². The molecule has 0 aromatic heterocycles. The molecule has 7 heteroatoms. The highest BCUT2D eigenvalue weighted by Crippen LogP contribution is 2.33. The zero-order valence-corrected chi connectivity index (χ0v) is 12.8. The van der Waals surface area contributed by atoms with Gasteiger partial charge in [-0.1, -0.05) is 6.07 Å². The van der Waals surface area contributed by atoms with Gasteiger partial charge >= 0.3 is 5.69 Å². The minimum absolute atomic E-state index is 0.00861. The predicted molar refractivity (Wildman–Crippen MR) is 84.8 cm³/mol. The van der Waals surface area contributed by atoms with Crippen LogP contribution in [-0.4, -0.2) is 40.7 Å². The molecular weight excluding hydrogens is 278 g/mol. The molecule has 1 rings (SSSR count). The Morgan fingerprint density at radius 1 is 1.40 bits per heavy atom. The first-order chi connectivity index (χ1) is 9.41. The highest BCUT2D eigenvalue weighted by molar-refractivity contribution is 7.98. The van der Waals surface area contributed by atoms with Crippen LogP contribution in [0.3, 0.4) is 0 Å². The molecule has 0 amide bonds. The number of nitro groups is 1. The van der Waals surface area contributed by atoms with Crippen molar-refractivity contribution in [1.29, 1.82) is 0 Å². The lowest BCUT2D eigenvalue weighted by molar-refractivity contribution is -0.383. The summed E-state index contributed by atoms with van der Waals surface area (Å²) in [6, 6.07) is 5.07. The van der Waals surface area contributed by atoms with E-state index in [1.54, 1.807) is 25.1 Å². The molecule has 0 spiro atoms. The van der Waals surface area contributed by atoms with E-state index in [1.807, 2.05) is 13.2 Å². The highest BCUT2D eigenvalue weighted by atomic mass is 32.2. The monoisotopic (exact) mass is 299 g/mol. The summed E-state index contributed by atoms with van der Waals surface area (Å²) < 4.78 is 0. The van der Waals surface area contributed by atoms with Gasteiger partial charge in [-0.3, -0.25) is 10.1 Å². The molecule has 1 atom stereocenters. The molecule has 0 aliphatic carbocycles. The normalized spacial score (nSPS) is 13.6. The molecule has 20 heavy (non-hydrogen) atoms. The molecule has 0 fully saturated rings. The lowest BCUT2D eigenvalue weighted by Gasteiger charge is -2.23. The molecule has 112 valence electrons. The first kappa shape index (κ1) is 16.6. The maximum Gasteiger partial charge on any atom is 0.315 e. The standard InChI is InChI=1S/C13H21N3O3S/c1-4-14-10-6-5-7-11(12(10)16(18)19)15-8-13(2,17)9-20-3/h5-7,14-15,17H,4,8-9H2,1-3H3. The molecule has 1 aromatic rings. The Hall–Kier alpha value is -1.47. The zero-order chi connectivity index (χ0) is 15.2. The summed E-state index contributed by atoms with van der Waals surface area (Å²) in [4.78, 5) is 10.8. The van der Waals surface area contributed by atoms with Gasteiger partial charge < -0.3 is 15.7 Å². The molecule has 0 radical (unpaired) electrons. The summed E-state index contributed by atoms with van der Waals surface area (Å²) in [5.41, 5.74) is -0.0160. The van der Waals surface area contributed by atoms with Crippen LogP contribution < -0.4 is 10.6 Å². The van der Waals surface area contributed by atoms with Crippen LogP contribution in [0.25, 0.3) is 0 Å². The summed E-state index contributed by atoms with van der Waals surface area (Å²) in [7, 11) is 0. The van der Waals surface area contributed by atoms with Crippen molar-refractivity contribution in [2.75, 3.05) is 35.7 Å². The fourth-order valence-corrected chi connectivity index (χ4v) is 2.59. The number of anilines is 2. The van der Waals surface area contributed by atoms with Gasteiger partial charge in [-0.15, -0.1) is 0 Å². The average molecular weight is 299 g/mol. The van der Waals surface area contributed by atoms with Crippen LogP contribution in [-0.2, 0) is 0 Å². The zero-order valence-electron chi connectivity index (χ0n) is 12.0. The maximum atomic E-state index is 11.2. The van der Waals surface area contributed by atoms with Crippen molar-refractivity contribution >= 4 is 28.8 Å². The number of para-hydroxylation sites is 1. The lowest BCUT2D eigenvalue weighted by Crippen LogP contribution is -2.36. The number of hydrogen-bond acceptors (Lipinski definition) is 6. The first-order valence-corrected chi connectivity index (χ1v) is 7.77. The number of benzene rings is 1. The molecule has 0 saturated carbocycles. The van der Waals surface area contributed by atoms with E-state index in [0.29, 0.717) is 23.7 Å². The molecule has 0 aliphatic heterocycles. The van der Waals surface area contributed by atoms with Crippen molar-refractivity contribution in [3.63, 3.8) is 0 Å². The summed E-state index contributed by atoms with van der Waals surface area (Å²) in [5, 5.41) is 27.3. The van der Waals surface area contributed by atoms with E-state index in [9.17, 15) is 15.2 Å². The van der Waals surface area contributed by atoms with Gasteiger partial charge in [0.25, 0.3) is 0 Å². The Morgan fingerprint density at radius 2 is 2.00 bits per heavy atom. The Kier molecular flexibility index (Phi) is 6.09. The molecule has 0 heterocycles. The number of rotatable bonds is 8. The van der Waals surface area contributed by atoms with Gasteiger partial charge in [0.15, 0.2) is 0 Å². The second-order valence-corrected chi connectivity index (χ2v) is 5.64. The van der Waals surface area contributed by atoms with E-state index in [2.05, 4.69) is 10.6 Å². The number of thioether (sulfide) groups is 1. The largest absolute Gasteiger partial charge is 0.387 e. The third-order valence-electron chi connectivity index (χ3n) is 2.70. The minimum atomic E-state index is -0.915. The summed E-state index contributed by atoms with van der Waals surface area (Å²) in [6.07, 6.45) is 1.91. The first-order valence-electron chi connectivity index (χ1n) is 6.37. The fraction of sp³-hybridized carbons (Fsp3) is 0.538. The SMILES string of the molecule is CCNc1cccc(NCC(C)(O)CSC)c1[N+](=O)[O-]. The van der Waals surface area contributed by atoms with Gasteiger partial charge in [0.2, 0.25) is 0 Å². The predicted octanol–water partition coefficient (Wildman–Crippen LogP) is 2.55. The number of aliphatic hydroxyl groups is 1. The van der Waals surface area contributed by atoms with E-state index in [4.69, 9.17) is 0 Å². The van der Waals surface area contributed by atoms with Crippen molar-refractivity contribution in [1.82, 2.24) is 0 Å². The van der Waals surface area contributed by atoms with Gasteiger partial charge in [0.05, 0.1) is 10.5 Å². The molecule has 0 bridgehead atoms. The topological polar surface area (TPSA) is 87.4 Å². The molecular formula is C13H21N3O3S. The van der Waals surface area contributed by atoms with E-state index in [-0.39, 0.29) is 12.2 Å². The van der Waals surface area contributed by atoms with Gasteiger partial charge in [0, 0.05) is 18.8 Å². The summed E-state index contributed by atoms with van der Waals surface area (Å²) in [5.74, 6) is 0.556. The lowest BCUT2D eigenvalue weighted by atomic mass is 10.1. The van der Waals surface area contributed by atoms with E-state index >= 15 is 0 Å². The number of hydrogen-bond donors (Lipinski definition) is 3. The molecule has 0 saturated heterocycles. The Bertz CT molecular complexity index is 466. The molecule has 1 unspecified atom stereocenters. The quantitative estimate of drug-likeness (QED) is 0.505. The van der Waals surface area contributed by atoms with Crippen molar-refractivity contribution in [3.05, 3.63) is 28.3 Å². The van der Waals surface area contributed by atoms with Gasteiger partial charge in [-0.05, 0) is 32.2 Å². The van der Waals surface area contributed by atoms with Gasteiger partial charge in [0.1, 0.15) is 11.4 Å². The Balaban J connectivity index is 2.94. The number of nitro benzene ring substituents is 1. The smallest absolute Gasteiger partial charge is 0.315 e. The van der Waals surface area contributed by atoms with Gasteiger partial charge in [-0.2, -0.15) is 11.8 Å². The minimum Gasteiger partial charge on any atom is -0.387 e. The summed E-state index contributed by atoms with van der Waals surface area (Å²) >= 11 is 1.53. The van der Waals surface area contributed by atoms with Crippen LogP contribution in [0.1, 0.15) is 13.8 Å². The summed E-state index contributed by atoms with van der Waals surface area (Å²) in [6.45, 7) is 4.45. The molecule has 1 aromatic carbocycles. The van der Waals surface area contributed by atoms with E-state index in [0.717, 1.165) is 0 Å². The molecule has 3 N–H and O–H groups in total. The Labute approximate surface area is 123 Å². The van der Waals surface area contributed by atoms with Crippen LogP contribution in [0.4, 0.5) is 17.1 Å². The van der Waals surface area contributed by atoms with E-state index in [1.165, 1.54) is 11.8 Å². The second kappa shape index (κ2) is 7.35. The van der Waals surface area contributed by atoms with Crippen LogP contribution in [0.15, 0.2) is 18.2 Å². The van der Waals surface area contributed by atoms with Crippen LogP contribution in [0.5, 0.6) is 0 Å². The van der Waals surface area contributed by atoms with Crippen molar-refractivity contribution in [2.24, 2.45) is 0 Å². The van der Waals surface area contributed by atoms with Crippen molar-refractivity contribution in [3.8, 4) is 0 Å². The third kappa shape index (κ3) is 4.57. The molecule has 6 nitrogen and oxygen atoms in total.